The maximum atomic E-state index is 12.9. The number of alkyl carbamates (subject to hydrolysis) is 1. The highest BCUT2D eigenvalue weighted by Crippen LogP contribution is 2.23. The van der Waals surface area contributed by atoms with Gasteiger partial charge in [0.05, 0.1) is 6.61 Å². The number of hydrogen-bond donors (Lipinski definition) is 4. The van der Waals surface area contributed by atoms with Crippen molar-refractivity contribution in [2.45, 2.75) is 71.4 Å². The van der Waals surface area contributed by atoms with Gasteiger partial charge in [-0.25, -0.2) is 9.59 Å². The highest BCUT2D eigenvalue weighted by Gasteiger charge is 2.51. The van der Waals surface area contributed by atoms with E-state index in [0.717, 1.165) is 5.56 Å². The molecular weight excluding hydrogens is 472 g/mol. The molecule has 1 aromatic rings. The van der Waals surface area contributed by atoms with E-state index in [9.17, 15) is 24.0 Å². The van der Waals surface area contributed by atoms with E-state index in [-0.39, 0.29) is 25.6 Å². The minimum absolute atomic E-state index is 0.0457. The molecule has 0 aromatic heterocycles. The molecule has 12 heteroatoms. The van der Waals surface area contributed by atoms with Crippen molar-refractivity contribution in [2.75, 3.05) is 6.61 Å². The Morgan fingerprint density at radius 2 is 1.58 bits per heavy atom. The second-order valence-electron chi connectivity index (χ2n) is 8.57. The molecule has 1 aliphatic rings. The topological polar surface area (TPSA) is 164 Å². The van der Waals surface area contributed by atoms with Gasteiger partial charge in [0.2, 0.25) is 5.91 Å². The molecule has 1 aliphatic heterocycles. The van der Waals surface area contributed by atoms with Crippen molar-refractivity contribution < 1.29 is 38.2 Å². The summed E-state index contributed by atoms with van der Waals surface area (Å²) in [6, 6.07) is 7.17. The lowest BCUT2D eigenvalue weighted by molar-refractivity contribution is -0.144. The van der Waals surface area contributed by atoms with Crippen LogP contribution in [0.4, 0.5) is 4.79 Å². The van der Waals surface area contributed by atoms with E-state index in [1.807, 2.05) is 32.0 Å². The summed E-state index contributed by atoms with van der Waals surface area (Å²) in [7, 11) is 0. The van der Waals surface area contributed by atoms with Crippen LogP contribution >= 0.6 is 0 Å². The molecule has 0 spiro atoms. The molecule has 2 unspecified atom stereocenters. The molecule has 2 rings (SSSR count). The minimum atomic E-state index is -1.06. The Kier molecular flexibility index (Phi) is 11.1. The summed E-state index contributed by atoms with van der Waals surface area (Å²) in [6.45, 7) is 7.28. The van der Waals surface area contributed by atoms with E-state index in [0.29, 0.717) is 6.42 Å². The lowest BCUT2D eigenvalue weighted by Crippen LogP contribution is -2.56. The molecule has 4 N–H and O–H groups in total. The Labute approximate surface area is 209 Å². The molecule has 36 heavy (non-hydrogen) atoms. The zero-order valence-corrected chi connectivity index (χ0v) is 20.9. The van der Waals surface area contributed by atoms with Crippen LogP contribution in [0.3, 0.4) is 0 Å². The quantitative estimate of drug-likeness (QED) is 0.183. The van der Waals surface area contributed by atoms with Gasteiger partial charge in [-0.2, -0.15) is 0 Å². The largest absolute Gasteiger partial charge is 0.464 e. The van der Waals surface area contributed by atoms with Gasteiger partial charge in [-0.05, 0) is 31.2 Å². The van der Waals surface area contributed by atoms with Crippen LogP contribution in [0.25, 0.3) is 0 Å². The fourth-order valence-corrected chi connectivity index (χ4v) is 3.23. The molecule has 0 saturated carbocycles. The summed E-state index contributed by atoms with van der Waals surface area (Å²) in [4.78, 5) is 61.3. The number of rotatable bonds is 12. The van der Waals surface area contributed by atoms with Crippen LogP contribution < -0.4 is 21.5 Å². The standard InChI is InChI=1S/C24H34N4O8/c1-5-16(21(30)27-28-22(31)18-19(36-18)23(32)34-6-2)25-20(29)17(12-14(3)4)26-24(33)35-13-15-10-8-7-9-11-15/h7-11,14,16-19H,5-6,12-13H2,1-4H3,(H,25,29)(H,26,33)(H,27,30)(H,28,31)/t16-,17-,18?,19?/m0/s1. The number of carbonyl (C=O) groups is 5. The Morgan fingerprint density at radius 3 is 2.19 bits per heavy atom. The fourth-order valence-electron chi connectivity index (χ4n) is 3.23. The first-order valence-corrected chi connectivity index (χ1v) is 11.9. The zero-order valence-electron chi connectivity index (χ0n) is 20.9. The number of ether oxygens (including phenoxy) is 3. The molecule has 4 atom stereocenters. The van der Waals surface area contributed by atoms with Gasteiger partial charge in [-0.15, -0.1) is 0 Å². The van der Waals surface area contributed by atoms with Gasteiger partial charge in [-0.1, -0.05) is 51.1 Å². The summed E-state index contributed by atoms with van der Waals surface area (Å²) in [5.41, 5.74) is 5.18. The van der Waals surface area contributed by atoms with Crippen LogP contribution in [0, 0.1) is 5.92 Å². The Hall–Kier alpha value is -3.67. The second kappa shape index (κ2) is 14.0. The van der Waals surface area contributed by atoms with Crippen molar-refractivity contribution in [1.82, 2.24) is 21.5 Å². The summed E-state index contributed by atoms with van der Waals surface area (Å²) >= 11 is 0. The van der Waals surface area contributed by atoms with Crippen LogP contribution in [-0.2, 0) is 40.0 Å². The first-order valence-electron chi connectivity index (χ1n) is 11.9. The summed E-state index contributed by atoms with van der Waals surface area (Å²) < 4.78 is 14.9. The van der Waals surface area contributed by atoms with E-state index < -0.39 is 54.1 Å². The van der Waals surface area contributed by atoms with Crippen molar-refractivity contribution >= 4 is 29.8 Å². The average Bonchev–Trinajstić information content (AvgIpc) is 3.65. The minimum Gasteiger partial charge on any atom is -0.464 e. The van der Waals surface area contributed by atoms with E-state index in [1.54, 1.807) is 26.0 Å². The summed E-state index contributed by atoms with van der Waals surface area (Å²) in [5, 5.41) is 5.14. The van der Waals surface area contributed by atoms with Gasteiger partial charge in [0.15, 0.2) is 12.2 Å². The molecule has 0 aliphatic carbocycles. The zero-order chi connectivity index (χ0) is 26.7. The number of epoxide rings is 1. The predicted octanol–water partition coefficient (Wildman–Crippen LogP) is 0.700. The maximum Gasteiger partial charge on any atom is 0.408 e. The molecule has 0 bridgehead atoms. The van der Waals surface area contributed by atoms with Crippen LogP contribution in [0.1, 0.15) is 46.1 Å². The van der Waals surface area contributed by atoms with Crippen molar-refractivity contribution in [1.29, 1.82) is 0 Å². The molecule has 12 nitrogen and oxygen atoms in total. The number of hydrazine groups is 1. The van der Waals surface area contributed by atoms with Crippen molar-refractivity contribution in [3.05, 3.63) is 35.9 Å². The molecule has 198 valence electrons. The lowest BCUT2D eigenvalue weighted by atomic mass is 10.0. The lowest BCUT2D eigenvalue weighted by Gasteiger charge is -2.23. The van der Waals surface area contributed by atoms with Crippen molar-refractivity contribution in [3.63, 3.8) is 0 Å². The molecule has 1 heterocycles. The SMILES string of the molecule is CCOC(=O)C1OC1C(=O)NNC(=O)[C@H](CC)NC(=O)[C@H](CC(C)C)NC(=O)OCc1ccccc1. The van der Waals surface area contributed by atoms with Gasteiger partial charge in [0.25, 0.3) is 11.8 Å². The van der Waals surface area contributed by atoms with E-state index in [2.05, 4.69) is 21.5 Å². The first kappa shape index (κ1) is 28.6. The first-order chi connectivity index (χ1) is 17.2. The third kappa shape index (κ3) is 9.17. The van der Waals surface area contributed by atoms with Gasteiger partial charge in [0, 0.05) is 0 Å². The number of hydrogen-bond acceptors (Lipinski definition) is 8. The number of amides is 4. The van der Waals surface area contributed by atoms with E-state index >= 15 is 0 Å². The maximum absolute atomic E-state index is 12.9. The van der Waals surface area contributed by atoms with Crippen LogP contribution in [0.15, 0.2) is 30.3 Å². The third-order valence-corrected chi connectivity index (χ3v) is 5.15. The Balaban J connectivity index is 1.85. The highest BCUT2D eigenvalue weighted by molar-refractivity contribution is 5.95. The van der Waals surface area contributed by atoms with Gasteiger partial charge >= 0.3 is 12.1 Å². The molecule has 0 radical (unpaired) electrons. The van der Waals surface area contributed by atoms with Crippen molar-refractivity contribution in [3.8, 4) is 0 Å². The fraction of sp³-hybridized carbons (Fsp3) is 0.542. The highest BCUT2D eigenvalue weighted by atomic mass is 16.6. The average molecular weight is 507 g/mol. The third-order valence-electron chi connectivity index (χ3n) is 5.15. The van der Waals surface area contributed by atoms with E-state index in [4.69, 9.17) is 14.2 Å². The number of nitrogens with one attached hydrogen (secondary N) is 4. The summed E-state index contributed by atoms with van der Waals surface area (Å²) in [5.74, 6) is -2.56. The molecule has 1 fully saturated rings. The number of esters is 1. The Bertz CT molecular complexity index is 924. The number of benzene rings is 1. The molecular formula is C24H34N4O8. The predicted molar refractivity (Wildman–Crippen MR) is 127 cm³/mol. The summed E-state index contributed by atoms with van der Waals surface area (Å²) in [6.07, 6.45) is -2.29. The monoisotopic (exact) mass is 506 g/mol. The normalized spacial score (nSPS) is 17.8. The smallest absolute Gasteiger partial charge is 0.408 e. The van der Waals surface area contributed by atoms with Crippen LogP contribution in [-0.4, -0.2) is 60.7 Å². The van der Waals surface area contributed by atoms with Gasteiger partial charge < -0.3 is 24.8 Å². The molecule has 1 saturated heterocycles. The molecule has 4 amide bonds. The number of carbonyl (C=O) groups excluding carboxylic acids is 5. The van der Waals surface area contributed by atoms with Gasteiger partial charge in [0.1, 0.15) is 18.7 Å². The van der Waals surface area contributed by atoms with Gasteiger partial charge in [-0.3, -0.25) is 25.2 Å². The molecule has 1 aromatic carbocycles. The van der Waals surface area contributed by atoms with Crippen molar-refractivity contribution in [2.24, 2.45) is 5.92 Å². The van der Waals surface area contributed by atoms with Crippen LogP contribution in [0.2, 0.25) is 0 Å². The second-order valence-corrected chi connectivity index (χ2v) is 8.57. The van der Waals surface area contributed by atoms with Crippen LogP contribution in [0.5, 0.6) is 0 Å². The van der Waals surface area contributed by atoms with E-state index in [1.165, 1.54) is 0 Å². The Morgan fingerprint density at radius 1 is 0.889 bits per heavy atom.